The predicted octanol–water partition coefficient (Wildman–Crippen LogP) is 4.58. The standard InChI is InChI=1S/C34H47N5O4S/c1-35(2)27-14-17-37(18-15-27)29-8-5-7-28(23-29)36(3)34(40)24-33-32-9-6-16-38(32)19-20-39(33)44(41,42)31-13-11-25-21-30(43-4)12-10-26(25)22-31/h6,9-13,16,21-22,27-29,33H,5,7-8,14-15,17-20,23-24H2,1-4H3/t28-,29+,33?/m0/s1. The van der Waals surface area contributed by atoms with Crippen LogP contribution in [0, 0.1) is 0 Å². The average molecular weight is 622 g/mol. The lowest BCUT2D eigenvalue weighted by molar-refractivity contribution is -0.134. The molecule has 6 rings (SSSR count). The van der Waals surface area contributed by atoms with Crippen LogP contribution in [-0.4, -0.2) is 104 Å². The summed E-state index contributed by atoms with van der Waals surface area (Å²) < 4.78 is 37.4. The third-order valence-corrected chi connectivity index (χ3v) is 12.3. The molecule has 2 aliphatic heterocycles. The Labute approximate surface area is 262 Å². The van der Waals surface area contributed by atoms with Crippen molar-refractivity contribution >= 4 is 26.7 Å². The van der Waals surface area contributed by atoms with E-state index >= 15 is 0 Å². The van der Waals surface area contributed by atoms with Crippen molar-refractivity contribution in [2.45, 2.75) is 80.6 Å². The van der Waals surface area contributed by atoms with Gasteiger partial charge in [-0.2, -0.15) is 4.31 Å². The molecule has 1 aromatic heterocycles. The van der Waals surface area contributed by atoms with Crippen molar-refractivity contribution < 1.29 is 17.9 Å². The normalized spacial score (nSPS) is 24.0. The summed E-state index contributed by atoms with van der Waals surface area (Å²) in [7, 11) is 4.03. The number of piperidine rings is 1. The molecular formula is C34H47N5O4S. The van der Waals surface area contributed by atoms with Crippen molar-refractivity contribution in [1.82, 2.24) is 23.6 Å². The van der Waals surface area contributed by atoms with Crippen LogP contribution in [0.2, 0.25) is 0 Å². The highest BCUT2D eigenvalue weighted by Crippen LogP contribution is 2.36. The summed E-state index contributed by atoms with van der Waals surface area (Å²) in [5.74, 6) is 0.734. The van der Waals surface area contributed by atoms with Gasteiger partial charge in [0.05, 0.1) is 18.0 Å². The number of hydrogen-bond donors (Lipinski definition) is 0. The van der Waals surface area contributed by atoms with Gasteiger partial charge in [0.25, 0.3) is 0 Å². The summed E-state index contributed by atoms with van der Waals surface area (Å²) in [6.07, 6.45) is 8.78. The van der Waals surface area contributed by atoms with Gasteiger partial charge in [0.2, 0.25) is 15.9 Å². The minimum absolute atomic E-state index is 0.00687. The lowest BCUT2D eigenvalue weighted by Crippen LogP contribution is -2.51. The third kappa shape index (κ3) is 6.14. The Kier molecular flexibility index (Phi) is 9.06. The molecule has 0 bridgehead atoms. The Morgan fingerprint density at radius 3 is 2.41 bits per heavy atom. The molecule has 1 saturated heterocycles. The molecule has 0 radical (unpaired) electrons. The van der Waals surface area contributed by atoms with E-state index in [4.69, 9.17) is 4.74 Å². The number of ether oxygens (including phenoxy) is 1. The molecule has 9 nitrogen and oxygen atoms in total. The maximum atomic E-state index is 14.2. The van der Waals surface area contributed by atoms with Crippen LogP contribution in [0.25, 0.3) is 10.8 Å². The molecule has 1 unspecified atom stereocenters. The largest absolute Gasteiger partial charge is 0.497 e. The van der Waals surface area contributed by atoms with E-state index in [2.05, 4.69) is 28.5 Å². The smallest absolute Gasteiger partial charge is 0.243 e. The molecular weight excluding hydrogens is 574 g/mol. The Bertz CT molecular complexity index is 1580. The molecule has 1 amide bonds. The molecule has 0 N–H and O–H groups in total. The van der Waals surface area contributed by atoms with Crippen LogP contribution in [-0.2, 0) is 21.4 Å². The Balaban J connectivity index is 1.19. The van der Waals surface area contributed by atoms with Crippen molar-refractivity contribution in [3.05, 3.63) is 60.4 Å². The zero-order valence-electron chi connectivity index (χ0n) is 26.6. The first-order chi connectivity index (χ1) is 21.2. The van der Waals surface area contributed by atoms with Crippen molar-refractivity contribution in [2.75, 3.05) is 47.9 Å². The minimum atomic E-state index is -3.86. The van der Waals surface area contributed by atoms with Gasteiger partial charge in [-0.25, -0.2) is 8.42 Å². The number of methoxy groups -OCH3 is 1. The number of hydrogen-bond acceptors (Lipinski definition) is 6. The van der Waals surface area contributed by atoms with E-state index < -0.39 is 16.1 Å². The van der Waals surface area contributed by atoms with Gasteiger partial charge < -0.3 is 24.0 Å². The number of fused-ring (bicyclic) bond motifs is 2. The molecule has 2 fully saturated rings. The van der Waals surface area contributed by atoms with E-state index in [1.807, 2.05) is 54.5 Å². The molecule has 0 spiro atoms. The van der Waals surface area contributed by atoms with Gasteiger partial charge in [-0.3, -0.25) is 4.79 Å². The van der Waals surface area contributed by atoms with Gasteiger partial charge >= 0.3 is 0 Å². The molecule has 3 heterocycles. The Hall–Kier alpha value is -2.92. The first kappa shape index (κ1) is 31.1. The van der Waals surface area contributed by atoms with Gasteiger partial charge in [0.1, 0.15) is 5.75 Å². The topological polar surface area (TPSA) is 78.3 Å². The highest BCUT2D eigenvalue weighted by Gasteiger charge is 2.40. The van der Waals surface area contributed by atoms with Crippen LogP contribution in [0.4, 0.5) is 0 Å². The quantitative estimate of drug-likeness (QED) is 0.367. The van der Waals surface area contributed by atoms with Crippen molar-refractivity contribution in [2.24, 2.45) is 0 Å². The van der Waals surface area contributed by atoms with Crippen LogP contribution in [0.3, 0.4) is 0 Å². The van der Waals surface area contributed by atoms with E-state index in [1.54, 1.807) is 23.5 Å². The van der Waals surface area contributed by atoms with E-state index in [1.165, 1.54) is 19.3 Å². The summed E-state index contributed by atoms with van der Waals surface area (Å²) in [6.45, 7) is 3.11. The van der Waals surface area contributed by atoms with E-state index in [9.17, 15) is 13.2 Å². The number of carbonyl (C=O) groups excluding carboxylic acids is 1. The molecule has 44 heavy (non-hydrogen) atoms. The number of benzene rings is 2. The summed E-state index contributed by atoms with van der Waals surface area (Å²) in [5, 5.41) is 1.74. The molecule has 3 aromatic rings. The second-order valence-electron chi connectivity index (χ2n) is 13.0. The van der Waals surface area contributed by atoms with Crippen LogP contribution >= 0.6 is 0 Å². The number of likely N-dealkylation sites (tertiary alicyclic amines) is 1. The van der Waals surface area contributed by atoms with Gasteiger partial charge in [-0.05, 0) is 113 Å². The van der Waals surface area contributed by atoms with Gasteiger partial charge in [0, 0.05) is 56.6 Å². The number of nitrogens with zero attached hydrogens (tertiary/aromatic N) is 5. The lowest BCUT2D eigenvalue weighted by atomic mass is 9.87. The van der Waals surface area contributed by atoms with Crippen LogP contribution in [0.5, 0.6) is 5.75 Å². The highest BCUT2D eigenvalue weighted by molar-refractivity contribution is 7.89. The number of rotatable bonds is 8. The average Bonchev–Trinajstić information content (AvgIpc) is 3.53. The number of carbonyl (C=O) groups is 1. The fraction of sp³-hybridized carbons (Fsp3) is 0.559. The fourth-order valence-corrected chi connectivity index (χ4v) is 9.29. The number of aromatic nitrogens is 1. The van der Waals surface area contributed by atoms with Crippen molar-refractivity contribution in [3.8, 4) is 5.75 Å². The first-order valence-electron chi connectivity index (χ1n) is 16.1. The maximum absolute atomic E-state index is 14.2. The van der Waals surface area contributed by atoms with E-state index in [0.717, 1.165) is 54.6 Å². The summed E-state index contributed by atoms with van der Waals surface area (Å²) in [5.41, 5.74) is 0.873. The lowest BCUT2D eigenvalue weighted by Gasteiger charge is -2.44. The van der Waals surface area contributed by atoms with Gasteiger partial charge in [-0.15, -0.1) is 0 Å². The second-order valence-corrected chi connectivity index (χ2v) is 14.9. The monoisotopic (exact) mass is 621 g/mol. The van der Waals surface area contributed by atoms with Gasteiger partial charge in [-0.1, -0.05) is 12.1 Å². The molecule has 10 heteroatoms. The molecule has 2 aromatic carbocycles. The Morgan fingerprint density at radius 2 is 1.66 bits per heavy atom. The van der Waals surface area contributed by atoms with Crippen molar-refractivity contribution in [1.29, 1.82) is 0 Å². The van der Waals surface area contributed by atoms with Crippen LogP contribution in [0.1, 0.15) is 56.7 Å². The molecule has 3 atom stereocenters. The minimum Gasteiger partial charge on any atom is -0.497 e. The van der Waals surface area contributed by atoms with E-state index in [0.29, 0.717) is 25.2 Å². The molecule has 3 aliphatic rings. The SMILES string of the molecule is COc1ccc2cc(S(=O)(=O)N3CCn4cccc4C3CC(=O)N(C)[C@H]3CCC[C@@H](N4CCC(N(C)C)CC4)C3)ccc2c1. The molecule has 1 saturated carbocycles. The summed E-state index contributed by atoms with van der Waals surface area (Å²) >= 11 is 0. The number of sulfonamides is 1. The summed E-state index contributed by atoms with van der Waals surface area (Å²) in [4.78, 5) is 21.1. The van der Waals surface area contributed by atoms with Crippen molar-refractivity contribution in [3.63, 3.8) is 0 Å². The predicted molar refractivity (Wildman–Crippen MR) is 173 cm³/mol. The maximum Gasteiger partial charge on any atom is 0.243 e. The van der Waals surface area contributed by atoms with E-state index in [-0.39, 0.29) is 23.3 Å². The highest BCUT2D eigenvalue weighted by atomic mass is 32.2. The summed E-state index contributed by atoms with van der Waals surface area (Å²) in [6, 6.07) is 15.5. The third-order valence-electron chi connectivity index (χ3n) is 10.4. The second kappa shape index (κ2) is 12.8. The Morgan fingerprint density at radius 1 is 0.909 bits per heavy atom. The molecule has 238 valence electrons. The van der Waals surface area contributed by atoms with Crippen LogP contribution < -0.4 is 4.74 Å². The van der Waals surface area contributed by atoms with Crippen LogP contribution in [0.15, 0.2) is 59.6 Å². The zero-order valence-corrected chi connectivity index (χ0v) is 27.4. The van der Waals surface area contributed by atoms with Gasteiger partial charge in [0.15, 0.2) is 0 Å². The fourth-order valence-electron chi connectivity index (χ4n) is 7.66. The first-order valence-corrected chi connectivity index (χ1v) is 17.5. The number of amides is 1. The zero-order chi connectivity index (χ0) is 31.0. The molecule has 1 aliphatic carbocycles.